The van der Waals surface area contributed by atoms with Gasteiger partial charge in [-0.05, 0) is 18.2 Å². The first-order chi connectivity index (χ1) is 9.11. The van der Waals surface area contributed by atoms with E-state index < -0.39 is 0 Å². The molecule has 0 radical (unpaired) electrons. The van der Waals surface area contributed by atoms with Gasteiger partial charge < -0.3 is 20.4 Å². The molecule has 0 saturated carbocycles. The molecule has 1 amide bonds. The number of rotatable bonds is 5. The number of anilines is 1. The number of benzene rings is 1. The number of methoxy groups -OCH3 is 1. The Morgan fingerprint density at radius 1 is 1.58 bits per heavy atom. The highest BCUT2D eigenvalue weighted by molar-refractivity contribution is 6.31. The lowest BCUT2D eigenvalue weighted by Crippen LogP contribution is -2.30. The minimum Gasteiger partial charge on any atom is -0.383 e. The topological polar surface area (TPSA) is 82.2 Å². The van der Waals surface area contributed by atoms with Crippen LogP contribution in [0, 0.1) is 0 Å². The van der Waals surface area contributed by atoms with Crippen molar-refractivity contribution < 1.29 is 9.53 Å². The Morgan fingerprint density at radius 3 is 3.11 bits per heavy atom. The van der Waals surface area contributed by atoms with Crippen molar-refractivity contribution in [1.29, 1.82) is 0 Å². The highest BCUT2D eigenvalue weighted by Gasteiger charge is 2.11. The van der Waals surface area contributed by atoms with Gasteiger partial charge in [0.2, 0.25) is 11.9 Å². The zero-order chi connectivity index (χ0) is 13.8. The van der Waals surface area contributed by atoms with E-state index >= 15 is 0 Å². The van der Waals surface area contributed by atoms with Gasteiger partial charge >= 0.3 is 0 Å². The van der Waals surface area contributed by atoms with E-state index in [2.05, 4.69) is 10.3 Å². The van der Waals surface area contributed by atoms with E-state index in [-0.39, 0.29) is 12.5 Å². The van der Waals surface area contributed by atoms with Crippen molar-refractivity contribution in [3.8, 4) is 0 Å². The number of aromatic nitrogens is 2. The van der Waals surface area contributed by atoms with Crippen LogP contribution in [0.5, 0.6) is 0 Å². The Hall–Kier alpha value is -1.79. The van der Waals surface area contributed by atoms with Gasteiger partial charge in [-0.1, -0.05) is 11.6 Å². The zero-order valence-corrected chi connectivity index (χ0v) is 11.3. The zero-order valence-electron chi connectivity index (χ0n) is 10.5. The molecule has 0 unspecified atom stereocenters. The molecule has 0 spiro atoms. The predicted molar refractivity (Wildman–Crippen MR) is 74.0 cm³/mol. The molecule has 0 bridgehead atoms. The van der Waals surface area contributed by atoms with Gasteiger partial charge in [0, 0.05) is 18.7 Å². The summed E-state index contributed by atoms with van der Waals surface area (Å²) >= 11 is 5.94. The van der Waals surface area contributed by atoms with Crippen LogP contribution in [-0.4, -0.2) is 35.7 Å². The predicted octanol–water partition coefficient (Wildman–Crippen LogP) is 1.03. The second kappa shape index (κ2) is 5.90. The van der Waals surface area contributed by atoms with Crippen molar-refractivity contribution >= 4 is 34.5 Å². The first kappa shape index (κ1) is 13.6. The number of ether oxygens (including phenoxy) is 1. The molecule has 0 saturated heterocycles. The summed E-state index contributed by atoms with van der Waals surface area (Å²) in [4.78, 5) is 15.9. The summed E-state index contributed by atoms with van der Waals surface area (Å²) in [5, 5.41) is 3.30. The van der Waals surface area contributed by atoms with E-state index in [0.717, 1.165) is 5.52 Å². The van der Waals surface area contributed by atoms with Gasteiger partial charge in [0.15, 0.2) is 0 Å². The molecule has 2 aromatic rings. The number of carbonyl (C=O) groups excluding carboxylic acids is 1. The van der Waals surface area contributed by atoms with Crippen LogP contribution in [0.1, 0.15) is 0 Å². The monoisotopic (exact) mass is 282 g/mol. The number of hydrogen-bond donors (Lipinski definition) is 2. The van der Waals surface area contributed by atoms with Crippen molar-refractivity contribution in [2.45, 2.75) is 6.54 Å². The summed E-state index contributed by atoms with van der Waals surface area (Å²) in [6.07, 6.45) is 0. The molecule has 0 atom stereocenters. The Labute approximate surface area is 115 Å². The van der Waals surface area contributed by atoms with E-state index in [9.17, 15) is 4.79 Å². The van der Waals surface area contributed by atoms with Crippen molar-refractivity contribution in [2.75, 3.05) is 26.0 Å². The van der Waals surface area contributed by atoms with Gasteiger partial charge in [0.1, 0.15) is 6.54 Å². The lowest BCUT2D eigenvalue weighted by atomic mass is 10.3. The molecule has 6 nitrogen and oxygen atoms in total. The summed E-state index contributed by atoms with van der Waals surface area (Å²) in [7, 11) is 1.58. The fourth-order valence-corrected chi connectivity index (χ4v) is 1.94. The van der Waals surface area contributed by atoms with Crippen LogP contribution in [0.2, 0.25) is 5.02 Å². The molecule has 3 N–H and O–H groups in total. The summed E-state index contributed by atoms with van der Waals surface area (Å²) < 4.78 is 6.49. The second-order valence-electron chi connectivity index (χ2n) is 4.03. The van der Waals surface area contributed by atoms with Crippen molar-refractivity contribution in [1.82, 2.24) is 14.9 Å². The van der Waals surface area contributed by atoms with Crippen LogP contribution < -0.4 is 11.1 Å². The van der Waals surface area contributed by atoms with Gasteiger partial charge in [0.05, 0.1) is 17.6 Å². The van der Waals surface area contributed by atoms with Crippen LogP contribution in [0.25, 0.3) is 11.0 Å². The van der Waals surface area contributed by atoms with Crippen LogP contribution in [0.15, 0.2) is 18.2 Å². The number of halogens is 1. The minimum atomic E-state index is -0.150. The fourth-order valence-electron chi connectivity index (χ4n) is 1.77. The average Bonchev–Trinajstić information content (AvgIpc) is 2.66. The summed E-state index contributed by atoms with van der Waals surface area (Å²) in [6.45, 7) is 1.03. The van der Waals surface area contributed by atoms with E-state index in [4.69, 9.17) is 22.1 Å². The number of fused-ring (bicyclic) bond motifs is 1. The Bertz CT molecular complexity index is 597. The summed E-state index contributed by atoms with van der Waals surface area (Å²) in [6, 6.07) is 5.25. The van der Waals surface area contributed by atoms with Gasteiger partial charge in [-0.15, -0.1) is 0 Å². The van der Waals surface area contributed by atoms with Crippen LogP contribution in [0.4, 0.5) is 5.95 Å². The number of nitrogens with one attached hydrogen (secondary N) is 1. The first-order valence-electron chi connectivity index (χ1n) is 5.78. The Kier molecular flexibility index (Phi) is 4.24. The molecule has 1 aromatic carbocycles. The normalized spacial score (nSPS) is 10.8. The van der Waals surface area contributed by atoms with Crippen LogP contribution >= 0.6 is 11.6 Å². The standard InChI is InChI=1S/C12H15ClN4O2/c1-19-5-4-15-11(18)7-17-10-6-8(13)2-3-9(10)16-12(17)14/h2-3,6H,4-5,7H2,1H3,(H2,14,16)(H,15,18). The quantitative estimate of drug-likeness (QED) is 0.803. The Balaban J connectivity index is 2.17. The number of nitrogens with zero attached hydrogens (tertiary/aromatic N) is 2. The van der Waals surface area contributed by atoms with Gasteiger partial charge in [0.25, 0.3) is 0 Å². The van der Waals surface area contributed by atoms with Crippen molar-refractivity contribution in [3.05, 3.63) is 23.2 Å². The smallest absolute Gasteiger partial charge is 0.240 e. The molecule has 1 aromatic heterocycles. The number of carbonyl (C=O) groups is 1. The van der Waals surface area contributed by atoms with Gasteiger partial charge in [-0.25, -0.2) is 4.98 Å². The lowest BCUT2D eigenvalue weighted by Gasteiger charge is -2.07. The van der Waals surface area contributed by atoms with Crippen LogP contribution in [0.3, 0.4) is 0 Å². The molecular weight excluding hydrogens is 268 g/mol. The fraction of sp³-hybridized carbons (Fsp3) is 0.333. The lowest BCUT2D eigenvalue weighted by molar-refractivity contribution is -0.121. The SMILES string of the molecule is COCCNC(=O)Cn1c(N)nc2ccc(Cl)cc21. The van der Waals surface area contributed by atoms with Gasteiger partial charge in [-0.3, -0.25) is 4.79 Å². The second-order valence-corrected chi connectivity index (χ2v) is 4.47. The molecule has 102 valence electrons. The van der Waals surface area contributed by atoms with E-state index in [1.165, 1.54) is 0 Å². The summed E-state index contributed by atoms with van der Waals surface area (Å²) in [5.74, 6) is 0.141. The third kappa shape index (κ3) is 3.15. The summed E-state index contributed by atoms with van der Waals surface area (Å²) in [5.41, 5.74) is 7.27. The Morgan fingerprint density at radius 2 is 2.37 bits per heavy atom. The number of amides is 1. The molecule has 0 aliphatic carbocycles. The molecule has 0 aliphatic rings. The number of hydrogen-bond acceptors (Lipinski definition) is 4. The number of nitrogen functional groups attached to an aromatic ring is 1. The average molecular weight is 283 g/mol. The molecule has 1 heterocycles. The maximum absolute atomic E-state index is 11.8. The van der Waals surface area contributed by atoms with E-state index in [1.807, 2.05) is 0 Å². The third-order valence-corrected chi connectivity index (χ3v) is 2.90. The molecule has 7 heteroatoms. The van der Waals surface area contributed by atoms with E-state index in [0.29, 0.717) is 29.6 Å². The largest absolute Gasteiger partial charge is 0.383 e. The van der Waals surface area contributed by atoms with Gasteiger partial charge in [-0.2, -0.15) is 0 Å². The maximum Gasteiger partial charge on any atom is 0.240 e. The molecule has 2 rings (SSSR count). The minimum absolute atomic E-state index is 0.104. The van der Waals surface area contributed by atoms with Crippen molar-refractivity contribution in [3.63, 3.8) is 0 Å². The number of nitrogens with two attached hydrogens (primary N) is 1. The first-order valence-corrected chi connectivity index (χ1v) is 6.16. The maximum atomic E-state index is 11.8. The highest BCUT2D eigenvalue weighted by atomic mass is 35.5. The molecule has 0 aliphatic heterocycles. The molecule has 19 heavy (non-hydrogen) atoms. The van der Waals surface area contributed by atoms with Crippen LogP contribution in [-0.2, 0) is 16.1 Å². The van der Waals surface area contributed by atoms with Crippen molar-refractivity contribution in [2.24, 2.45) is 0 Å². The third-order valence-electron chi connectivity index (χ3n) is 2.67. The molecular formula is C12H15ClN4O2. The number of imidazole rings is 1. The molecule has 0 fully saturated rings. The highest BCUT2D eigenvalue weighted by Crippen LogP contribution is 2.21. The van der Waals surface area contributed by atoms with E-state index in [1.54, 1.807) is 29.9 Å².